The van der Waals surface area contributed by atoms with Gasteiger partial charge in [-0.3, -0.25) is 4.57 Å². The molecule has 112 valence electrons. The van der Waals surface area contributed by atoms with Gasteiger partial charge in [-0.05, 0) is 26.3 Å². The van der Waals surface area contributed by atoms with Gasteiger partial charge in [-0.25, -0.2) is 0 Å². The molecule has 0 spiro atoms. The lowest BCUT2D eigenvalue weighted by Crippen LogP contribution is -2.21. The third-order valence-electron chi connectivity index (χ3n) is 2.90. The van der Waals surface area contributed by atoms with Crippen LogP contribution in [0.15, 0.2) is 42.2 Å². The largest absolute Gasteiger partial charge is 0.358 e. The standard InChI is InChI=1S/C15H24NO3P/c1-5-18-20(17,19-6-2)13(3)12-16-14(4)15-10-8-7-9-11-15/h7-11,14,16H,3,5-6,12H2,1-2,4H3. The van der Waals surface area contributed by atoms with E-state index in [-0.39, 0.29) is 6.04 Å². The molecule has 0 heterocycles. The second-order valence-electron chi connectivity index (χ2n) is 4.41. The van der Waals surface area contributed by atoms with Crippen LogP contribution in [0.3, 0.4) is 0 Å². The summed E-state index contributed by atoms with van der Waals surface area (Å²) in [6.07, 6.45) is 0. The molecule has 0 saturated heterocycles. The second kappa shape index (κ2) is 8.38. The maximum atomic E-state index is 12.5. The molecular weight excluding hydrogens is 273 g/mol. The number of nitrogens with one attached hydrogen (secondary N) is 1. The molecule has 1 unspecified atom stereocenters. The van der Waals surface area contributed by atoms with Crippen LogP contribution >= 0.6 is 7.60 Å². The lowest BCUT2D eigenvalue weighted by atomic mass is 10.1. The van der Waals surface area contributed by atoms with Gasteiger partial charge in [0, 0.05) is 17.9 Å². The van der Waals surface area contributed by atoms with Crippen molar-refractivity contribution in [1.82, 2.24) is 5.32 Å². The monoisotopic (exact) mass is 297 g/mol. The van der Waals surface area contributed by atoms with Gasteiger partial charge < -0.3 is 14.4 Å². The second-order valence-corrected chi connectivity index (χ2v) is 6.56. The Balaban J connectivity index is 2.59. The molecule has 0 aliphatic heterocycles. The van der Waals surface area contributed by atoms with Gasteiger partial charge in [0.1, 0.15) is 0 Å². The van der Waals surface area contributed by atoms with E-state index in [0.29, 0.717) is 25.1 Å². The van der Waals surface area contributed by atoms with Crippen LogP contribution in [0.2, 0.25) is 0 Å². The highest BCUT2D eigenvalue weighted by Crippen LogP contribution is 2.54. The number of hydrogen-bond acceptors (Lipinski definition) is 4. The molecule has 1 rings (SSSR count). The maximum Gasteiger partial charge on any atom is 0.358 e. The SMILES string of the molecule is C=C(CNC(C)c1ccccc1)P(=O)(OCC)OCC. The third kappa shape index (κ3) is 4.88. The van der Waals surface area contributed by atoms with E-state index < -0.39 is 7.60 Å². The van der Waals surface area contributed by atoms with Crippen molar-refractivity contribution in [1.29, 1.82) is 0 Å². The van der Waals surface area contributed by atoms with Crippen LogP contribution in [0, 0.1) is 0 Å². The van der Waals surface area contributed by atoms with Crippen LogP contribution < -0.4 is 5.32 Å². The van der Waals surface area contributed by atoms with Crippen LogP contribution in [-0.2, 0) is 13.6 Å². The van der Waals surface area contributed by atoms with Crippen LogP contribution in [0.25, 0.3) is 0 Å². The van der Waals surface area contributed by atoms with Crippen LogP contribution in [-0.4, -0.2) is 19.8 Å². The minimum absolute atomic E-state index is 0.143. The number of hydrogen-bond donors (Lipinski definition) is 1. The van der Waals surface area contributed by atoms with E-state index in [4.69, 9.17) is 9.05 Å². The van der Waals surface area contributed by atoms with Crippen molar-refractivity contribution in [3.63, 3.8) is 0 Å². The Morgan fingerprint density at radius 2 is 1.80 bits per heavy atom. The van der Waals surface area contributed by atoms with Gasteiger partial charge in [0.25, 0.3) is 0 Å². The van der Waals surface area contributed by atoms with E-state index in [2.05, 4.69) is 18.8 Å². The summed E-state index contributed by atoms with van der Waals surface area (Å²) in [6.45, 7) is 10.6. The third-order valence-corrected chi connectivity index (χ3v) is 5.03. The Hall–Kier alpha value is -0.930. The summed E-state index contributed by atoms with van der Waals surface area (Å²) in [4.78, 5) is 0. The first-order valence-electron chi connectivity index (χ1n) is 6.89. The zero-order chi connectivity index (χ0) is 15.0. The van der Waals surface area contributed by atoms with Crippen molar-refractivity contribution in [2.24, 2.45) is 0 Å². The highest BCUT2D eigenvalue weighted by Gasteiger charge is 2.27. The molecule has 1 atom stereocenters. The minimum Gasteiger partial charge on any atom is -0.306 e. The molecule has 0 aliphatic carbocycles. The zero-order valence-corrected chi connectivity index (χ0v) is 13.4. The van der Waals surface area contributed by atoms with E-state index >= 15 is 0 Å². The molecule has 0 saturated carbocycles. The van der Waals surface area contributed by atoms with Gasteiger partial charge in [-0.2, -0.15) is 0 Å². The summed E-state index contributed by atoms with van der Waals surface area (Å²) in [6, 6.07) is 10.2. The van der Waals surface area contributed by atoms with Crippen LogP contribution in [0.4, 0.5) is 0 Å². The summed E-state index contributed by atoms with van der Waals surface area (Å²) in [5.41, 5.74) is 1.17. The lowest BCUT2D eigenvalue weighted by Gasteiger charge is -2.21. The van der Waals surface area contributed by atoms with Gasteiger partial charge in [0.05, 0.1) is 13.2 Å². The summed E-state index contributed by atoms with van der Waals surface area (Å²) in [5.74, 6) is 0. The van der Waals surface area contributed by atoms with Gasteiger partial charge >= 0.3 is 7.60 Å². The summed E-state index contributed by atoms with van der Waals surface area (Å²) >= 11 is 0. The fourth-order valence-corrected chi connectivity index (χ4v) is 3.19. The average Bonchev–Trinajstić information content (AvgIpc) is 2.45. The van der Waals surface area contributed by atoms with Crippen molar-refractivity contribution < 1.29 is 13.6 Å². The van der Waals surface area contributed by atoms with Crippen molar-refractivity contribution in [2.45, 2.75) is 26.8 Å². The average molecular weight is 297 g/mol. The van der Waals surface area contributed by atoms with Crippen molar-refractivity contribution in [2.75, 3.05) is 19.8 Å². The molecular formula is C15H24NO3P. The number of rotatable bonds is 9. The van der Waals surface area contributed by atoms with E-state index in [1.54, 1.807) is 13.8 Å². The van der Waals surface area contributed by atoms with Crippen molar-refractivity contribution >= 4 is 7.60 Å². The highest BCUT2D eigenvalue weighted by atomic mass is 31.2. The normalized spacial score (nSPS) is 13.2. The highest BCUT2D eigenvalue weighted by molar-refractivity contribution is 7.58. The molecule has 0 aromatic heterocycles. The Kier molecular flexibility index (Phi) is 7.17. The number of benzene rings is 1. The molecule has 0 aliphatic rings. The Morgan fingerprint density at radius 3 is 2.30 bits per heavy atom. The van der Waals surface area contributed by atoms with Gasteiger partial charge in [-0.15, -0.1) is 0 Å². The Morgan fingerprint density at radius 1 is 1.25 bits per heavy atom. The molecule has 5 heteroatoms. The van der Waals surface area contributed by atoms with Crippen molar-refractivity contribution in [3.05, 3.63) is 47.8 Å². The fourth-order valence-electron chi connectivity index (χ4n) is 1.79. The van der Waals surface area contributed by atoms with Crippen molar-refractivity contribution in [3.8, 4) is 0 Å². The summed E-state index contributed by atoms with van der Waals surface area (Å²) in [7, 11) is -3.22. The van der Waals surface area contributed by atoms with Gasteiger partial charge in [-0.1, -0.05) is 36.9 Å². The smallest absolute Gasteiger partial charge is 0.306 e. The van der Waals surface area contributed by atoms with E-state index in [0.717, 1.165) is 0 Å². The molecule has 0 fully saturated rings. The zero-order valence-electron chi connectivity index (χ0n) is 12.5. The molecule has 1 N–H and O–H groups in total. The molecule has 20 heavy (non-hydrogen) atoms. The topological polar surface area (TPSA) is 47.6 Å². The lowest BCUT2D eigenvalue weighted by molar-refractivity contribution is 0.225. The predicted octanol–water partition coefficient (Wildman–Crippen LogP) is 4.12. The molecule has 0 radical (unpaired) electrons. The summed E-state index contributed by atoms with van der Waals surface area (Å²) in [5, 5.41) is 3.75. The first-order valence-corrected chi connectivity index (χ1v) is 8.43. The van der Waals surface area contributed by atoms with E-state index in [9.17, 15) is 4.57 Å². The van der Waals surface area contributed by atoms with Gasteiger partial charge in [0.15, 0.2) is 0 Å². The Bertz CT molecular complexity index is 451. The van der Waals surface area contributed by atoms with Crippen LogP contribution in [0.1, 0.15) is 32.4 Å². The summed E-state index contributed by atoms with van der Waals surface area (Å²) < 4.78 is 23.0. The molecule has 4 nitrogen and oxygen atoms in total. The quantitative estimate of drug-likeness (QED) is 0.697. The van der Waals surface area contributed by atoms with E-state index in [1.165, 1.54) is 5.56 Å². The maximum absolute atomic E-state index is 12.5. The van der Waals surface area contributed by atoms with Crippen LogP contribution in [0.5, 0.6) is 0 Å². The Labute approximate surface area is 121 Å². The minimum atomic E-state index is -3.22. The van der Waals surface area contributed by atoms with Gasteiger partial charge in [0.2, 0.25) is 0 Å². The molecule has 0 amide bonds. The fraction of sp³-hybridized carbons (Fsp3) is 0.467. The molecule has 0 bridgehead atoms. The first kappa shape index (κ1) is 17.1. The van der Waals surface area contributed by atoms with E-state index in [1.807, 2.05) is 30.3 Å². The predicted molar refractivity (Wildman–Crippen MR) is 82.9 cm³/mol. The molecule has 1 aromatic carbocycles. The first-order chi connectivity index (χ1) is 9.53. The molecule has 1 aromatic rings.